The summed E-state index contributed by atoms with van der Waals surface area (Å²) >= 11 is 0. The Hall–Kier alpha value is -2.10. The molecule has 0 aliphatic carbocycles. The Morgan fingerprint density at radius 3 is 2.63 bits per heavy atom. The molecule has 0 aromatic heterocycles. The van der Waals surface area contributed by atoms with Crippen molar-refractivity contribution in [2.45, 2.75) is 19.4 Å². The van der Waals surface area contributed by atoms with Gasteiger partial charge in [-0.1, -0.05) is 36.4 Å². The van der Waals surface area contributed by atoms with Crippen LogP contribution < -0.4 is 0 Å². The molecule has 0 unspecified atom stereocenters. The van der Waals surface area contributed by atoms with Crippen molar-refractivity contribution in [3.8, 4) is 0 Å². The molecule has 2 rings (SSSR count). The molecule has 4 heteroatoms. The number of esters is 1. The zero-order chi connectivity index (χ0) is 13.8. The van der Waals surface area contributed by atoms with Crippen molar-refractivity contribution >= 4 is 11.9 Å². The zero-order valence-corrected chi connectivity index (χ0v) is 11.1. The SMILES string of the molecule is COC(=O)C1=CCCN([C@H](C)c2ccccc2)C1=O. The predicted octanol–water partition coefficient (Wildman–Crippen LogP) is 2.08. The van der Waals surface area contributed by atoms with E-state index in [9.17, 15) is 9.59 Å². The minimum absolute atomic E-state index is 0.0537. The fraction of sp³-hybridized carbons (Fsp3) is 0.333. The van der Waals surface area contributed by atoms with E-state index >= 15 is 0 Å². The van der Waals surface area contributed by atoms with E-state index in [0.717, 1.165) is 5.56 Å². The molecule has 19 heavy (non-hydrogen) atoms. The largest absolute Gasteiger partial charge is 0.465 e. The minimum Gasteiger partial charge on any atom is -0.465 e. The summed E-state index contributed by atoms with van der Waals surface area (Å²) in [5, 5.41) is 0. The molecule has 1 heterocycles. The fourth-order valence-corrected chi connectivity index (χ4v) is 2.25. The van der Waals surface area contributed by atoms with Gasteiger partial charge in [0.2, 0.25) is 0 Å². The van der Waals surface area contributed by atoms with Gasteiger partial charge in [-0.2, -0.15) is 0 Å². The molecule has 1 aliphatic rings. The van der Waals surface area contributed by atoms with Crippen LogP contribution in [0.3, 0.4) is 0 Å². The van der Waals surface area contributed by atoms with Crippen molar-refractivity contribution in [1.29, 1.82) is 0 Å². The Morgan fingerprint density at radius 2 is 2.00 bits per heavy atom. The molecule has 0 saturated heterocycles. The van der Waals surface area contributed by atoms with E-state index in [0.29, 0.717) is 13.0 Å². The summed E-state index contributed by atoms with van der Waals surface area (Å²) in [7, 11) is 1.29. The standard InChI is InChI=1S/C15H17NO3/c1-11(12-7-4-3-5-8-12)16-10-6-9-13(14(16)17)15(18)19-2/h3-5,7-9,11H,6,10H2,1-2H3/t11-/m1/s1. The summed E-state index contributed by atoms with van der Waals surface area (Å²) in [5.74, 6) is -0.815. The van der Waals surface area contributed by atoms with Crippen molar-refractivity contribution in [3.63, 3.8) is 0 Å². The quantitative estimate of drug-likeness (QED) is 0.616. The molecule has 1 amide bonds. The predicted molar refractivity (Wildman–Crippen MR) is 71.3 cm³/mol. The summed E-state index contributed by atoms with van der Waals surface area (Å²) in [6.07, 6.45) is 2.33. The zero-order valence-electron chi connectivity index (χ0n) is 11.1. The first kappa shape index (κ1) is 13.3. The van der Waals surface area contributed by atoms with Crippen molar-refractivity contribution < 1.29 is 14.3 Å². The van der Waals surface area contributed by atoms with Crippen molar-refractivity contribution in [2.24, 2.45) is 0 Å². The van der Waals surface area contributed by atoms with Crippen LogP contribution >= 0.6 is 0 Å². The highest BCUT2D eigenvalue weighted by atomic mass is 16.5. The molecular weight excluding hydrogens is 242 g/mol. The first-order valence-electron chi connectivity index (χ1n) is 6.29. The third-order valence-electron chi connectivity index (χ3n) is 3.36. The van der Waals surface area contributed by atoms with Gasteiger partial charge >= 0.3 is 5.97 Å². The molecule has 0 spiro atoms. The Balaban J connectivity index is 2.21. The molecular formula is C15H17NO3. The van der Waals surface area contributed by atoms with Gasteiger partial charge in [-0.25, -0.2) is 4.79 Å². The molecule has 4 nitrogen and oxygen atoms in total. The van der Waals surface area contributed by atoms with Gasteiger partial charge in [0, 0.05) is 6.54 Å². The van der Waals surface area contributed by atoms with E-state index in [1.54, 1.807) is 11.0 Å². The van der Waals surface area contributed by atoms with Crippen LogP contribution in [-0.2, 0) is 14.3 Å². The summed E-state index contributed by atoms with van der Waals surface area (Å²) in [5.41, 5.74) is 1.19. The first-order chi connectivity index (χ1) is 9.15. The van der Waals surface area contributed by atoms with Gasteiger partial charge in [-0.15, -0.1) is 0 Å². The second-order valence-corrected chi connectivity index (χ2v) is 4.48. The molecule has 100 valence electrons. The molecule has 1 aromatic carbocycles. The highest BCUT2D eigenvalue weighted by Crippen LogP contribution is 2.25. The van der Waals surface area contributed by atoms with E-state index in [1.807, 2.05) is 37.3 Å². The Morgan fingerprint density at radius 1 is 1.32 bits per heavy atom. The number of hydrogen-bond donors (Lipinski definition) is 0. The van der Waals surface area contributed by atoms with E-state index in [1.165, 1.54) is 7.11 Å². The minimum atomic E-state index is -0.560. The Bertz CT molecular complexity index is 507. The number of hydrogen-bond acceptors (Lipinski definition) is 3. The molecule has 1 aromatic rings. The van der Waals surface area contributed by atoms with E-state index in [2.05, 4.69) is 4.74 Å². The number of ether oxygens (including phenoxy) is 1. The van der Waals surface area contributed by atoms with Crippen LogP contribution in [0.25, 0.3) is 0 Å². The molecule has 0 radical (unpaired) electrons. The molecule has 0 fully saturated rings. The van der Waals surface area contributed by atoms with Crippen molar-refractivity contribution in [1.82, 2.24) is 4.90 Å². The number of rotatable bonds is 3. The maximum absolute atomic E-state index is 12.3. The average Bonchev–Trinajstić information content (AvgIpc) is 2.47. The number of benzene rings is 1. The maximum atomic E-state index is 12.3. The van der Waals surface area contributed by atoms with Crippen LogP contribution in [0.15, 0.2) is 42.0 Å². The number of nitrogens with zero attached hydrogens (tertiary/aromatic N) is 1. The second-order valence-electron chi connectivity index (χ2n) is 4.48. The van der Waals surface area contributed by atoms with Crippen LogP contribution in [0.5, 0.6) is 0 Å². The van der Waals surface area contributed by atoms with E-state index < -0.39 is 5.97 Å². The lowest BCUT2D eigenvalue weighted by Gasteiger charge is -2.32. The lowest BCUT2D eigenvalue weighted by molar-refractivity contribution is -0.141. The lowest BCUT2D eigenvalue weighted by Crippen LogP contribution is -2.39. The lowest BCUT2D eigenvalue weighted by atomic mass is 10.0. The summed E-state index contributed by atoms with van der Waals surface area (Å²) in [6.45, 7) is 2.59. The van der Waals surface area contributed by atoms with Crippen LogP contribution in [0, 0.1) is 0 Å². The highest BCUT2D eigenvalue weighted by molar-refractivity contribution is 6.16. The Kier molecular flexibility index (Phi) is 4.00. The van der Waals surface area contributed by atoms with Crippen molar-refractivity contribution in [2.75, 3.05) is 13.7 Å². The van der Waals surface area contributed by atoms with Crippen molar-refractivity contribution in [3.05, 3.63) is 47.5 Å². The highest BCUT2D eigenvalue weighted by Gasteiger charge is 2.30. The number of amides is 1. The van der Waals surface area contributed by atoms with Gasteiger partial charge in [0.25, 0.3) is 5.91 Å². The smallest absolute Gasteiger partial charge is 0.343 e. The van der Waals surface area contributed by atoms with Gasteiger partial charge in [-0.3, -0.25) is 4.79 Å². The normalized spacial score (nSPS) is 16.8. The van der Waals surface area contributed by atoms with Gasteiger partial charge in [0.15, 0.2) is 0 Å². The molecule has 0 bridgehead atoms. The monoisotopic (exact) mass is 259 g/mol. The van der Waals surface area contributed by atoms with Gasteiger partial charge in [-0.05, 0) is 18.9 Å². The summed E-state index contributed by atoms with van der Waals surface area (Å²) in [4.78, 5) is 25.6. The first-order valence-corrected chi connectivity index (χ1v) is 6.29. The number of methoxy groups -OCH3 is 1. The van der Waals surface area contributed by atoms with Crippen LogP contribution in [0.1, 0.15) is 24.9 Å². The summed E-state index contributed by atoms with van der Waals surface area (Å²) < 4.78 is 4.64. The number of carbonyl (C=O) groups is 2. The molecule has 0 saturated carbocycles. The third-order valence-corrected chi connectivity index (χ3v) is 3.36. The van der Waals surface area contributed by atoms with Gasteiger partial charge in [0.1, 0.15) is 5.57 Å². The molecule has 0 N–H and O–H groups in total. The van der Waals surface area contributed by atoms with Crippen LogP contribution in [0.4, 0.5) is 0 Å². The fourth-order valence-electron chi connectivity index (χ4n) is 2.25. The van der Waals surface area contributed by atoms with E-state index in [-0.39, 0.29) is 17.5 Å². The van der Waals surface area contributed by atoms with Gasteiger partial charge < -0.3 is 9.64 Å². The molecule has 1 atom stereocenters. The topological polar surface area (TPSA) is 46.6 Å². The number of carbonyl (C=O) groups excluding carboxylic acids is 2. The summed E-state index contributed by atoms with van der Waals surface area (Å²) in [6, 6.07) is 9.73. The Labute approximate surface area is 112 Å². The third kappa shape index (κ3) is 2.67. The van der Waals surface area contributed by atoms with Crippen LogP contribution in [-0.4, -0.2) is 30.4 Å². The van der Waals surface area contributed by atoms with Gasteiger partial charge in [0.05, 0.1) is 13.2 Å². The average molecular weight is 259 g/mol. The molecule has 1 aliphatic heterocycles. The van der Waals surface area contributed by atoms with Crippen LogP contribution in [0.2, 0.25) is 0 Å². The maximum Gasteiger partial charge on any atom is 0.343 e. The van der Waals surface area contributed by atoms with E-state index in [4.69, 9.17) is 0 Å². The second kappa shape index (κ2) is 5.69.